The molecule has 0 aromatic heterocycles. The first kappa shape index (κ1) is 22.6. The number of rotatable bonds is 2. The van der Waals surface area contributed by atoms with E-state index in [1.165, 1.54) is 0 Å². The Hall–Kier alpha value is -0.230. The van der Waals surface area contributed by atoms with E-state index in [-0.39, 0.29) is 44.2 Å². The van der Waals surface area contributed by atoms with Crippen molar-refractivity contribution in [3.8, 4) is 0 Å². The van der Waals surface area contributed by atoms with Gasteiger partial charge in [-0.3, -0.25) is 9.59 Å². The molecule has 0 aromatic carbocycles. The first-order valence-corrected chi connectivity index (χ1v) is 2.98. The molecule has 6 heteroatoms. The Morgan fingerprint density at radius 1 is 1.00 bits per heavy atom. The van der Waals surface area contributed by atoms with E-state index < -0.39 is 11.9 Å². The van der Waals surface area contributed by atoms with Crippen LogP contribution in [0.3, 0.4) is 0 Å². The molecule has 12 heavy (non-hydrogen) atoms. The summed E-state index contributed by atoms with van der Waals surface area (Å²) in [6.45, 7) is 3.20. The van der Waals surface area contributed by atoms with Crippen LogP contribution in [0.1, 0.15) is 26.7 Å². The van der Waals surface area contributed by atoms with Crippen LogP contribution in [0.2, 0.25) is 0 Å². The summed E-state index contributed by atoms with van der Waals surface area (Å²) in [5.74, 6) is -1.49. The molecule has 0 fully saturated rings. The molecular weight excluding hydrogens is 267 g/mol. The first-order chi connectivity index (χ1) is 4.54. The minimum atomic E-state index is -0.745. The van der Waals surface area contributed by atoms with Crippen LogP contribution in [0.5, 0.6) is 0 Å². The summed E-state index contributed by atoms with van der Waals surface area (Å²) >= 11 is 0. The number of carboxylic acid groups (broad SMARTS) is 2. The Bertz CT molecular complexity index is 101. The van der Waals surface area contributed by atoms with Gasteiger partial charge in [0.2, 0.25) is 0 Å². The summed E-state index contributed by atoms with van der Waals surface area (Å²) in [6, 6.07) is 0. The van der Waals surface area contributed by atoms with Crippen molar-refractivity contribution in [2.24, 2.45) is 0 Å². The zero-order valence-corrected chi connectivity index (χ0v) is 6.63. The van der Waals surface area contributed by atoms with E-state index in [0.717, 1.165) is 0 Å². The third-order valence-corrected chi connectivity index (χ3v) is 0.605. The Balaban J connectivity index is -0.0000000457. The number of carboxylic acids is 2. The molecule has 0 bridgehead atoms. The van der Waals surface area contributed by atoms with E-state index in [1.807, 2.05) is 0 Å². The Morgan fingerprint density at radius 3 is 1.08 bits per heavy atom. The molecule has 5 nitrogen and oxygen atoms in total. The zero-order valence-electron chi connectivity index (χ0n) is 6.63. The van der Waals surface area contributed by atoms with Crippen LogP contribution in [0, 0.1) is 0 Å². The van der Waals surface area contributed by atoms with Crippen molar-refractivity contribution in [2.75, 3.05) is 0 Å². The average molecular weight is 284 g/mol. The summed E-state index contributed by atoms with van der Waals surface area (Å²) in [5.41, 5.74) is 0. The van der Waals surface area contributed by atoms with Crippen LogP contribution in [0.4, 0.5) is 0 Å². The van der Waals surface area contributed by atoms with Crippen molar-refractivity contribution in [3.05, 3.63) is 0 Å². The summed E-state index contributed by atoms with van der Waals surface area (Å²) in [4.78, 5) is 18.7. The molecule has 74 valence electrons. The summed E-state index contributed by atoms with van der Waals surface area (Å²) in [6.07, 6.45) is 0.444. The summed E-state index contributed by atoms with van der Waals surface area (Å²) < 4.78 is 0. The Labute approximate surface area is 89.9 Å². The van der Waals surface area contributed by atoms with Crippen LogP contribution in [0.15, 0.2) is 0 Å². The fraction of sp³-hybridized carbons (Fsp3) is 0.667. The van der Waals surface area contributed by atoms with Crippen molar-refractivity contribution in [1.82, 2.24) is 0 Å². The monoisotopic (exact) mass is 284 g/mol. The second-order valence-corrected chi connectivity index (χ2v) is 1.49. The standard InChI is InChI=1S/2C3H6O2.In.H2O.3H/c2*1-2-3(4)5;;;;;/h2*2H2,1H3,(H,4,5);;1H2;;;. The minimum absolute atomic E-state index is 0. The molecule has 0 aliphatic heterocycles. The fourth-order valence-corrected chi connectivity index (χ4v) is 0. The predicted molar refractivity (Wildman–Crippen MR) is 49.4 cm³/mol. The van der Waals surface area contributed by atoms with Gasteiger partial charge in [-0.1, -0.05) is 13.8 Å². The van der Waals surface area contributed by atoms with Crippen LogP contribution in [-0.2, 0) is 9.59 Å². The molecule has 0 atom stereocenters. The van der Waals surface area contributed by atoms with E-state index in [9.17, 15) is 9.59 Å². The SMILES string of the molecule is CCC(=O)O.CCC(=O)O.O.[InH3]. The number of carbonyl (C=O) groups is 2. The van der Waals surface area contributed by atoms with Crippen LogP contribution >= 0.6 is 0 Å². The average Bonchev–Trinajstić information content (AvgIpc) is 1.89. The van der Waals surface area contributed by atoms with E-state index in [2.05, 4.69) is 0 Å². The summed E-state index contributed by atoms with van der Waals surface area (Å²) in [7, 11) is 0. The number of hydrogen-bond donors (Lipinski definition) is 2. The van der Waals surface area contributed by atoms with Crippen molar-refractivity contribution in [3.63, 3.8) is 0 Å². The molecule has 0 rings (SSSR count). The van der Waals surface area contributed by atoms with Crippen molar-refractivity contribution >= 4 is 37.8 Å². The maximum absolute atomic E-state index is 9.37. The normalized spacial score (nSPS) is 6.17. The van der Waals surface area contributed by atoms with Gasteiger partial charge in [0.05, 0.1) is 0 Å². The number of aliphatic carboxylic acids is 2. The third-order valence-electron chi connectivity index (χ3n) is 0.605. The molecule has 0 aliphatic rings. The fourth-order valence-electron chi connectivity index (χ4n) is 0. The van der Waals surface area contributed by atoms with Gasteiger partial charge in [-0.2, -0.15) is 0 Å². The molecule has 0 heterocycles. The van der Waals surface area contributed by atoms with E-state index >= 15 is 0 Å². The van der Waals surface area contributed by atoms with Crippen LogP contribution < -0.4 is 0 Å². The second kappa shape index (κ2) is 17.0. The van der Waals surface area contributed by atoms with Gasteiger partial charge in [0, 0.05) is 12.8 Å². The van der Waals surface area contributed by atoms with Crippen molar-refractivity contribution < 1.29 is 25.3 Å². The molecule has 0 aromatic rings. The Morgan fingerprint density at radius 2 is 1.08 bits per heavy atom. The van der Waals surface area contributed by atoms with Gasteiger partial charge in [0.1, 0.15) is 0 Å². The van der Waals surface area contributed by atoms with Crippen LogP contribution in [0.25, 0.3) is 0 Å². The van der Waals surface area contributed by atoms with Gasteiger partial charge in [-0.15, -0.1) is 0 Å². The van der Waals surface area contributed by atoms with Gasteiger partial charge in [0.25, 0.3) is 0 Å². The molecule has 4 N–H and O–H groups in total. The molecule has 0 aliphatic carbocycles. The van der Waals surface area contributed by atoms with Gasteiger partial charge in [-0.25, -0.2) is 0 Å². The quantitative estimate of drug-likeness (QED) is 0.675. The van der Waals surface area contributed by atoms with Crippen molar-refractivity contribution in [1.29, 1.82) is 0 Å². The molecular formula is C6H17InO5. The van der Waals surface area contributed by atoms with E-state index in [0.29, 0.717) is 0 Å². The van der Waals surface area contributed by atoms with Crippen LogP contribution in [-0.4, -0.2) is 53.5 Å². The molecule has 0 unspecified atom stereocenters. The zero-order chi connectivity index (χ0) is 8.57. The maximum atomic E-state index is 9.37. The molecule has 0 saturated heterocycles. The predicted octanol–water partition coefficient (Wildman–Crippen LogP) is -1.05. The van der Waals surface area contributed by atoms with Gasteiger partial charge in [0.15, 0.2) is 0 Å². The molecule has 0 saturated carbocycles. The van der Waals surface area contributed by atoms with Gasteiger partial charge < -0.3 is 15.7 Å². The van der Waals surface area contributed by atoms with Gasteiger partial charge in [-0.05, 0) is 0 Å². The van der Waals surface area contributed by atoms with E-state index in [4.69, 9.17) is 10.2 Å². The first-order valence-electron chi connectivity index (χ1n) is 2.98. The Kier molecular flexibility index (Phi) is 32.1. The summed E-state index contributed by atoms with van der Waals surface area (Å²) in [5, 5.41) is 15.4. The molecule has 0 radical (unpaired) electrons. The molecule has 0 amide bonds. The topological polar surface area (TPSA) is 106 Å². The van der Waals surface area contributed by atoms with E-state index in [1.54, 1.807) is 13.8 Å². The molecule has 0 spiro atoms. The number of hydrogen-bond acceptors (Lipinski definition) is 2. The van der Waals surface area contributed by atoms with Crippen molar-refractivity contribution in [2.45, 2.75) is 26.7 Å². The third kappa shape index (κ3) is 52.9. The van der Waals surface area contributed by atoms with Gasteiger partial charge >= 0.3 is 37.8 Å². The second-order valence-electron chi connectivity index (χ2n) is 1.49.